The zero-order valence-corrected chi connectivity index (χ0v) is 36.0. The molecule has 330 valence electrons. The maximum atomic E-state index is 14.0. The molecule has 0 saturated carbocycles. The molecule has 3 aliphatic heterocycles. The number of anilines is 1. The van der Waals surface area contributed by atoms with Crippen molar-refractivity contribution in [2.75, 3.05) is 38.2 Å². The zero-order chi connectivity index (χ0) is 44.0. The number of hydroxylamine groups is 2. The van der Waals surface area contributed by atoms with Crippen LogP contribution < -0.4 is 26.0 Å². The van der Waals surface area contributed by atoms with E-state index in [4.69, 9.17) is 29.2 Å². The summed E-state index contributed by atoms with van der Waals surface area (Å²) in [7, 11) is -5.08. The minimum absolute atomic E-state index is 0.00321. The van der Waals surface area contributed by atoms with Gasteiger partial charge in [-0.15, -0.1) is 15.6 Å². The molecular formula is C37H52N8O13S2. The summed E-state index contributed by atoms with van der Waals surface area (Å²) in [5.74, 6) is -2.26. The van der Waals surface area contributed by atoms with Crippen LogP contribution in [0.5, 0.6) is 5.75 Å². The molecule has 23 heteroatoms. The second-order valence-corrected chi connectivity index (χ2v) is 17.8. The lowest BCUT2D eigenvalue weighted by atomic mass is 9.84. The van der Waals surface area contributed by atoms with Crippen molar-refractivity contribution in [1.82, 2.24) is 26.0 Å². The molecular weight excluding hydrogens is 829 g/mol. The van der Waals surface area contributed by atoms with E-state index >= 15 is 0 Å². The largest absolute Gasteiger partial charge is 0.485 e. The highest BCUT2D eigenvalue weighted by Crippen LogP contribution is 2.36. The number of morpholine rings is 1. The zero-order valence-electron chi connectivity index (χ0n) is 34.4. The van der Waals surface area contributed by atoms with E-state index in [0.717, 1.165) is 29.9 Å². The number of oxime groups is 1. The third-order valence-corrected chi connectivity index (χ3v) is 10.7. The van der Waals surface area contributed by atoms with Gasteiger partial charge in [-0.2, -0.15) is 13.5 Å². The lowest BCUT2D eigenvalue weighted by molar-refractivity contribution is -0.218. The number of hydrogen-bond acceptors (Lipinski definition) is 17. The average Bonchev–Trinajstić information content (AvgIpc) is 3.64. The van der Waals surface area contributed by atoms with E-state index in [1.165, 1.54) is 26.2 Å². The van der Waals surface area contributed by atoms with Crippen molar-refractivity contribution in [3.8, 4) is 5.75 Å². The highest BCUT2D eigenvalue weighted by atomic mass is 32.3. The van der Waals surface area contributed by atoms with Crippen LogP contribution in [0.4, 0.5) is 9.93 Å². The maximum Gasteiger partial charge on any atom is 0.418 e. The number of nitrogens with one attached hydrogen (secondary N) is 5. The molecule has 1 aromatic heterocycles. The topological polar surface area (TPSA) is 278 Å². The smallest absolute Gasteiger partial charge is 0.418 e. The van der Waals surface area contributed by atoms with Crippen LogP contribution in [0.1, 0.15) is 84.5 Å². The summed E-state index contributed by atoms with van der Waals surface area (Å²) in [5.41, 5.74) is -3.58. The van der Waals surface area contributed by atoms with E-state index in [-0.39, 0.29) is 35.8 Å². The lowest BCUT2D eigenvalue weighted by Crippen LogP contribution is -2.76. The molecule has 21 nitrogen and oxygen atoms in total. The molecule has 4 heterocycles. The molecule has 0 bridgehead atoms. The Hall–Kier alpha value is -4.94. The number of hydrogen-bond donors (Lipinski definition) is 6. The molecule has 6 N–H and O–H groups in total. The van der Waals surface area contributed by atoms with Crippen LogP contribution in [-0.2, 0) is 54.5 Å². The van der Waals surface area contributed by atoms with Gasteiger partial charge in [0.25, 0.3) is 17.4 Å². The fraction of sp³-hybridized carbons (Fsp3) is 0.595. The van der Waals surface area contributed by atoms with Gasteiger partial charge in [-0.25, -0.2) is 14.6 Å². The molecule has 60 heavy (non-hydrogen) atoms. The van der Waals surface area contributed by atoms with Gasteiger partial charge in [0.2, 0.25) is 0 Å². The van der Waals surface area contributed by atoms with E-state index in [2.05, 4.69) is 35.7 Å². The van der Waals surface area contributed by atoms with Crippen molar-refractivity contribution in [1.29, 1.82) is 5.41 Å². The first-order valence-corrected chi connectivity index (χ1v) is 21.5. The number of carbonyl (C=O) groups is 4. The molecule has 3 aliphatic rings. The average molecular weight is 881 g/mol. The van der Waals surface area contributed by atoms with Crippen LogP contribution in [0.3, 0.4) is 0 Å². The lowest BCUT2D eigenvalue weighted by Gasteiger charge is -2.50. The second-order valence-electron chi connectivity index (χ2n) is 15.9. The Morgan fingerprint density at radius 3 is 2.62 bits per heavy atom. The fourth-order valence-corrected chi connectivity index (χ4v) is 7.41. The molecule has 1 aromatic carbocycles. The molecule has 3 amide bonds. The van der Waals surface area contributed by atoms with Gasteiger partial charge in [0, 0.05) is 30.6 Å². The number of aryl methyl sites for hydroxylation is 1. The minimum atomic E-state index is -5.08. The number of aromatic nitrogens is 1. The number of esters is 1. The number of thiazole rings is 1. The van der Waals surface area contributed by atoms with E-state index in [1.807, 2.05) is 13.0 Å². The van der Waals surface area contributed by atoms with Gasteiger partial charge < -0.3 is 39.7 Å². The minimum Gasteiger partial charge on any atom is -0.485 e. The Labute approximate surface area is 351 Å². The van der Waals surface area contributed by atoms with Crippen LogP contribution in [0.15, 0.2) is 28.7 Å². The number of fused-ring (bicyclic) bond motifs is 1. The number of unbranched alkanes of at least 4 members (excludes halogenated alkanes) is 1. The SMILES string of the molecule is CCCCOC(=O)[C@@](C)(O/N=C(\C(=O)N[C@@H]1C(=O)N(OS(=O)(=O)O)C1(C)C)c1csc(NC(=O)OC(C)(C)C)n1)[C@H]1CCc2cc(C(=N)NC[C@H]3CNCCO3)ccc2O1. The number of rotatable bonds is 16. The summed E-state index contributed by atoms with van der Waals surface area (Å²) in [6, 6.07) is 3.84. The molecule has 5 rings (SSSR count). The molecule has 2 aromatic rings. The Morgan fingerprint density at radius 2 is 1.97 bits per heavy atom. The van der Waals surface area contributed by atoms with Gasteiger partial charge >= 0.3 is 22.5 Å². The number of β-lactam (4-membered cyclic amide) rings is 1. The first-order valence-electron chi connectivity index (χ1n) is 19.3. The van der Waals surface area contributed by atoms with E-state index < -0.39 is 68.9 Å². The molecule has 0 radical (unpaired) electrons. The maximum absolute atomic E-state index is 14.0. The Bertz CT molecular complexity index is 2080. The molecule has 2 fully saturated rings. The van der Waals surface area contributed by atoms with Gasteiger partial charge in [-0.05, 0) is 84.6 Å². The van der Waals surface area contributed by atoms with E-state index in [0.29, 0.717) is 48.9 Å². The van der Waals surface area contributed by atoms with Crippen LogP contribution in [0.2, 0.25) is 0 Å². The van der Waals surface area contributed by atoms with Crippen molar-refractivity contribution in [2.24, 2.45) is 5.16 Å². The molecule has 0 aliphatic carbocycles. The molecule has 4 atom stereocenters. The quantitative estimate of drug-likeness (QED) is 0.0269. The fourth-order valence-electron chi connectivity index (χ4n) is 6.28. The number of ether oxygens (including phenoxy) is 4. The number of benzene rings is 1. The highest BCUT2D eigenvalue weighted by molar-refractivity contribution is 7.80. The van der Waals surface area contributed by atoms with Crippen molar-refractivity contribution >= 4 is 62.3 Å². The van der Waals surface area contributed by atoms with Crippen molar-refractivity contribution in [3.05, 3.63) is 40.4 Å². The summed E-state index contributed by atoms with van der Waals surface area (Å²) in [6.45, 7) is 13.7. The molecule has 0 spiro atoms. The summed E-state index contributed by atoms with van der Waals surface area (Å²) in [5, 5.41) is 25.8. The molecule has 2 saturated heterocycles. The Morgan fingerprint density at radius 1 is 1.22 bits per heavy atom. The predicted octanol–water partition coefficient (Wildman–Crippen LogP) is 2.45. The van der Waals surface area contributed by atoms with Gasteiger partial charge in [0.15, 0.2) is 16.9 Å². The summed E-state index contributed by atoms with van der Waals surface area (Å²) in [6.07, 6.45) is 0.00372. The number of carbonyl (C=O) groups excluding carboxylic acids is 4. The first-order chi connectivity index (χ1) is 28.1. The van der Waals surface area contributed by atoms with Crippen LogP contribution >= 0.6 is 11.3 Å². The van der Waals surface area contributed by atoms with Crippen LogP contribution in [0, 0.1) is 5.41 Å². The monoisotopic (exact) mass is 880 g/mol. The third kappa shape index (κ3) is 11.5. The second kappa shape index (κ2) is 18.8. The van der Waals surface area contributed by atoms with Gasteiger partial charge in [-0.3, -0.25) is 24.9 Å². The van der Waals surface area contributed by atoms with E-state index in [9.17, 15) is 32.1 Å². The standard InChI is InChI=1S/C37H52N8O13S2/c1-8-9-15-54-32(48)37(7,26-13-11-21-17-22(10-12-25(21)55-26)29(38)40-19-23-18-39-14-16-53-23)57-44-27(24-20-59-33(41-24)43-34(49)56-35(2,3)4)30(46)42-28-31(47)45(36(28,5)6)58-60(50,51)52/h10,12,17,20,23,26,28,39H,8-9,11,13-16,18-19H2,1-7H3,(H2,38,40)(H,42,46)(H,41,43,49)(H,50,51,52)/b44-27-/t23-,26-,28-,37+/m1/s1. The Kier molecular flexibility index (Phi) is 14.4. The van der Waals surface area contributed by atoms with Crippen LogP contribution in [-0.4, -0.2) is 126 Å². The Balaban J connectivity index is 1.42. The normalized spacial score (nSPS) is 21.3. The van der Waals surface area contributed by atoms with Gasteiger partial charge in [0.05, 0.1) is 24.9 Å². The first kappa shape index (κ1) is 46.1. The summed E-state index contributed by atoms with van der Waals surface area (Å²) < 4.78 is 59.3. The summed E-state index contributed by atoms with van der Waals surface area (Å²) in [4.78, 5) is 63.7. The van der Waals surface area contributed by atoms with Gasteiger partial charge in [0.1, 0.15) is 28.9 Å². The number of nitrogens with zero attached hydrogens (tertiary/aromatic N) is 3. The van der Waals surface area contributed by atoms with Crippen molar-refractivity contribution < 1.29 is 60.2 Å². The van der Waals surface area contributed by atoms with Crippen LogP contribution in [0.25, 0.3) is 0 Å². The number of amidine groups is 1. The van der Waals surface area contributed by atoms with Crippen molar-refractivity contribution in [2.45, 2.75) is 109 Å². The van der Waals surface area contributed by atoms with Gasteiger partial charge in [-0.1, -0.05) is 18.5 Å². The van der Waals surface area contributed by atoms with E-state index in [1.54, 1.807) is 32.9 Å². The molecule has 0 unspecified atom stereocenters. The summed E-state index contributed by atoms with van der Waals surface area (Å²) >= 11 is 0.908. The predicted molar refractivity (Wildman–Crippen MR) is 216 cm³/mol. The third-order valence-electron chi connectivity index (χ3n) is 9.57. The van der Waals surface area contributed by atoms with Crippen molar-refractivity contribution in [3.63, 3.8) is 0 Å². The number of amides is 3. The highest BCUT2D eigenvalue weighted by Gasteiger charge is 2.58.